The number of hydrogen-bond donors (Lipinski definition) is 1. The van der Waals surface area contributed by atoms with Crippen molar-refractivity contribution in [1.29, 1.82) is 0 Å². The standard InChI is InChI=1S/C21H29N3O3S2/c1-14-15(2)24(19-8-6-5-7-9-19)21(22-14)28-16(3)20(25)17-10-12-18(13-11-17)23-29(4,26)27/h10-13,16,19,23H,5-9H2,1-4H3/t16-/m0/s1. The van der Waals surface area contributed by atoms with Crippen LogP contribution in [0, 0.1) is 13.8 Å². The number of ketones is 1. The Labute approximate surface area is 177 Å². The third kappa shape index (κ3) is 5.42. The second-order valence-corrected chi connectivity index (χ2v) is 10.9. The van der Waals surface area contributed by atoms with E-state index in [9.17, 15) is 13.2 Å². The zero-order chi connectivity index (χ0) is 21.2. The number of imidazole rings is 1. The van der Waals surface area contributed by atoms with Crippen LogP contribution in [0.25, 0.3) is 0 Å². The van der Waals surface area contributed by atoms with Gasteiger partial charge in [-0.3, -0.25) is 9.52 Å². The summed E-state index contributed by atoms with van der Waals surface area (Å²) >= 11 is 1.51. The van der Waals surface area contributed by atoms with E-state index in [4.69, 9.17) is 4.98 Å². The summed E-state index contributed by atoms with van der Waals surface area (Å²) in [5, 5.41) is 0.635. The number of carbonyl (C=O) groups is 1. The largest absolute Gasteiger partial charge is 0.320 e. The molecule has 6 nitrogen and oxygen atoms in total. The van der Waals surface area contributed by atoms with E-state index in [0.717, 1.165) is 17.1 Å². The lowest BCUT2D eigenvalue weighted by molar-refractivity contribution is 0.0993. The Morgan fingerprint density at radius 1 is 1.17 bits per heavy atom. The molecule has 1 fully saturated rings. The third-order valence-electron chi connectivity index (χ3n) is 5.42. The van der Waals surface area contributed by atoms with Crippen molar-refractivity contribution in [3.8, 4) is 0 Å². The van der Waals surface area contributed by atoms with Crippen molar-refractivity contribution in [1.82, 2.24) is 9.55 Å². The number of hydrogen-bond acceptors (Lipinski definition) is 5. The van der Waals surface area contributed by atoms with Gasteiger partial charge in [-0.15, -0.1) is 0 Å². The number of nitrogens with zero attached hydrogens (tertiary/aromatic N) is 2. The molecule has 158 valence electrons. The molecule has 0 aliphatic heterocycles. The van der Waals surface area contributed by atoms with Crippen LogP contribution < -0.4 is 4.72 Å². The quantitative estimate of drug-likeness (QED) is 0.502. The molecule has 0 radical (unpaired) electrons. The summed E-state index contributed by atoms with van der Waals surface area (Å²) in [4.78, 5) is 17.7. The molecular weight excluding hydrogens is 406 g/mol. The minimum absolute atomic E-state index is 0.00871. The Morgan fingerprint density at radius 2 is 1.79 bits per heavy atom. The normalized spacial score (nSPS) is 16.6. The van der Waals surface area contributed by atoms with Crippen molar-refractivity contribution in [3.63, 3.8) is 0 Å². The average molecular weight is 436 g/mol. The summed E-state index contributed by atoms with van der Waals surface area (Å²) in [6.07, 6.45) is 7.22. The van der Waals surface area contributed by atoms with Crippen LogP contribution in [0.5, 0.6) is 0 Å². The van der Waals surface area contributed by atoms with E-state index < -0.39 is 10.0 Å². The fraction of sp³-hybridized carbons (Fsp3) is 0.524. The molecule has 1 aromatic carbocycles. The number of nitrogens with one attached hydrogen (secondary N) is 1. The van der Waals surface area contributed by atoms with Gasteiger partial charge in [0.05, 0.1) is 17.2 Å². The Hall–Kier alpha value is -1.80. The lowest BCUT2D eigenvalue weighted by Crippen LogP contribution is -2.18. The summed E-state index contributed by atoms with van der Waals surface area (Å²) in [6, 6.07) is 7.02. The average Bonchev–Trinajstić information content (AvgIpc) is 2.94. The van der Waals surface area contributed by atoms with Gasteiger partial charge in [-0.05, 0) is 57.9 Å². The van der Waals surface area contributed by atoms with Crippen LogP contribution in [0.4, 0.5) is 5.69 Å². The van der Waals surface area contributed by atoms with Gasteiger partial charge in [-0.25, -0.2) is 13.4 Å². The fourth-order valence-corrected chi connectivity index (χ4v) is 5.52. The highest BCUT2D eigenvalue weighted by atomic mass is 32.2. The maximum Gasteiger partial charge on any atom is 0.229 e. The molecule has 29 heavy (non-hydrogen) atoms. The molecule has 8 heteroatoms. The van der Waals surface area contributed by atoms with E-state index in [2.05, 4.69) is 16.2 Å². The number of sulfonamides is 1. The molecule has 1 heterocycles. The van der Waals surface area contributed by atoms with Crippen molar-refractivity contribution in [2.75, 3.05) is 11.0 Å². The van der Waals surface area contributed by atoms with Crippen molar-refractivity contribution in [2.45, 2.75) is 69.3 Å². The first kappa shape index (κ1) is 21.9. The maximum absolute atomic E-state index is 12.9. The Kier molecular flexibility index (Phi) is 6.73. The highest BCUT2D eigenvalue weighted by Crippen LogP contribution is 2.36. The van der Waals surface area contributed by atoms with Crippen molar-refractivity contribution < 1.29 is 13.2 Å². The molecule has 0 unspecified atom stereocenters. The Morgan fingerprint density at radius 3 is 2.38 bits per heavy atom. The second-order valence-electron chi connectivity index (χ2n) is 7.80. The van der Waals surface area contributed by atoms with E-state index in [1.807, 2.05) is 13.8 Å². The van der Waals surface area contributed by atoms with Gasteiger partial charge in [0, 0.05) is 23.0 Å². The van der Waals surface area contributed by atoms with Gasteiger partial charge in [0.15, 0.2) is 10.9 Å². The molecule has 0 amide bonds. The summed E-state index contributed by atoms with van der Waals surface area (Å²) in [6.45, 7) is 6.04. The van der Waals surface area contributed by atoms with Crippen LogP contribution in [-0.4, -0.2) is 35.3 Å². The summed E-state index contributed by atoms with van der Waals surface area (Å²) in [7, 11) is -3.33. The molecule has 0 bridgehead atoms. The van der Waals surface area contributed by atoms with Gasteiger partial charge >= 0.3 is 0 Å². The van der Waals surface area contributed by atoms with E-state index in [1.165, 1.54) is 49.6 Å². The first-order chi connectivity index (χ1) is 13.7. The number of Topliss-reactive ketones (excluding diaryl/α,β-unsaturated/α-hetero) is 1. The van der Waals surface area contributed by atoms with Crippen molar-refractivity contribution in [3.05, 3.63) is 41.2 Å². The van der Waals surface area contributed by atoms with E-state index in [1.54, 1.807) is 24.3 Å². The number of anilines is 1. The van der Waals surface area contributed by atoms with E-state index in [-0.39, 0.29) is 11.0 Å². The summed E-state index contributed by atoms with van der Waals surface area (Å²) in [5.41, 5.74) is 3.22. The van der Waals surface area contributed by atoms with Crippen LogP contribution in [0.2, 0.25) is 0 Å². The summed E-state index contributed by atoms with van der Waals surface area (Å²) < 4.78 is 27.4. The molecule has 1 N–H and O–H groups in total. The monoisotopic (exact) mass is 435 g/mol. The Balaban J connectivity index is 1.75. The highest BCUT2D eigenvalue weighted by molar-refractivity contribution is 8.00. The minimum Gasteiger partial charge on any atom is -0.320 e. The van der Waals surface area contributed by atoms with Gasteiger partial charge in [0.2, 0.25) is 10.0 Å². The molecule has 3 rings (SSSR count). The molecular formula is C21H29N3O3S2. The van der Waals surface area contributed by atoms with Crippen molar-refractivity contribution in [2.24, 2.45) is 0 Å². The van der Waals surface area contributed by atoms with Crippen LogP contribution in [0.3, 0.4) is 0 Å². The van der Waals surface area contributed by atoms with E-state index >= 15 is 0 Å². The fourth-order valence-electron chi connectivity index (χ4n) is 3.81. The van der Waals surface area contributed by atoms with Crippen LogP contribution >= 0.6 is 11.8 Å². The third-order valence-corrected chi connectivity index (χ3v) is 7.09. The first-order valence-electron chi connectivity index (χ1n) is 10.00. The molecule has 1 aliphatic carbocycles. The van der Waals surface area contributed by atoms with Gasteiger partial charge in [-0.1, -0.05) is 31.0 Å². The number of benzene rings is 1. The molecule has 0 spiro atoms. The predicted octanol–water partition coefficient (Wildman–Crippen LogP) is 4.74. The highest BCUT2D eigenvalue weighted by Gasteiger charge is 2.25. The van der Waals surface area contributed by atoms with Crippen LogP contribution in [-0.2, 0) is 10.0 Å². The number of aromatic nitrogens is 2. The predicted molar refractivity (Wildman–Crippen MR) is 118 cm³/mol. The minimum atomic E-state index is -3.33. The maximum atomic E-state index is 12.9. The summed E-state index contributed by atoms with van der Waals surface area (Å²) in [5.74, 6) is 0.00871. The number of thioether (sulfide) groups is 1. The second kappa shape index (κ2) is 8.92. The first-order valence-corrected chi connectivity index (χ1v) is 12.8. The van der Waals surface area contributed by atoms with Crippen LogP contribution in [0.1, 0.15) is 66.8 Å². The van der Waals surface area contributed by atoms with E-state index in [0.29, 0.717) is 17.3 Å². The van der Waals surface area contributed by atoms with Gasteiger partial charge < -0.3 is 4.57 Å². The smallest absolute Gasteiger partial charge is 0.229 e. The zero-order valence-electron chi connectivity index (χ0n) is 17.4. The molecule has 1 atom stereocenters. The molecule has 0 saturated heterocycles. The van der Waals surface area contributed by atoms with Gasteiger partial charge in [-0.2, -0.15) is 0 Å². The molecule has 1 aliphatic rings. The van der Waals surface area contributed by atoms with Gasteiger partial charge in [0.1, 0.15) is 0 Å². The molecule has 2 aromatic rings. The number of carbonyl (C=O) groups excluding carboxylic acids is 1. The zero-order valence-corrected chi connectivity index (χ0v) is 19.1. The topological polar surface area (TPSA) is 81.1 Å². The lowest BCUT2D eigenvalue weighted by Gasteiger charge is -2.26. The number of aryl methyl sites for hydroxylation is 1. The lowest BCUT2D eigenvalue weighted by atomic mass is 9.95. The van der Waals surface area contributed by atoms with Crippen LogP contribution in [0.15, 0.2) is 29.4 Å². The molecule has 1 aromatic heterocycles. The van der Waals surface area contributed by atoms with Crippen molar-refractivity contribution >= 4 is 33.3 Å². The number of rotatable bonds is 7. The molecule has 1 saturated carbocycles. The Bertz CT molecular complexity index is 975. The van der Waals surface area contributed by atoms with Gasteiger partial charge in [0.25, 0.3) is 0 Å². The SMILES string of the molecule is Cc1nc(S[C@@H](C)C(=O)c2ccc(NS(C)(=O)=O)cc2)n(C2CCCCC2)c1C.